The number of hydrogen-bond donors (Lipinski definition) is 0. The van der Waals surface area contributed by atoms with Crippen LogP contribution in [0.25, 0.3) is 89.4 Å². The number of para-hydroxylation sites is 1. The molecule has 0 unspecified atom stereocenters. The molecule has 0 aliphatic heterocycles. The van der Waals surface area contributed by atoms with Crippen LogP contribution in [-0.4, -0.2) is 15.0 Å². The molecule has 4 heteroatoms. The predicted octanol–water partition coefficient (Wildman–Crippen LogP) is 12.4. The lowest BCUT2D eigenvalue weighted by molar-refractivity contribution is 0.660. The fraction of sp³-hybridized carbons (Fsp3) is 0.0625. The van der Waals surface area contributed by atoms with Crippen molar-refractivity contribution < 1.29 is 4.42 Å². The van der Waals surface area contributed by atoms with E-state index in [2.05, 4.69) is 111 Å². The third kappa shape index (κ3) is 4.87. The summed E-state index contributed by atoms with van der Waals surface area (Å²) >= 11 is 0. The Morgan fingerprint density at radius 2 is 1.10 bits per heavy atom. The first kappa shape index (κ1) is 30.2. The van der Waals surface area contributed by atoms with Gasteiger partial charge in [-0.1, -0.05) is 123 Å². The molecule has 0 radical (unpaired) electrons. The highest BCUT2D eigenvalue weighted by atomic mass is 16.3. The topological polar surface area (TPSA) is 51.8 Å². The molecular formula is C48H33N3O. The summed E-state index contributed by atoms with van der Waals surface area (Å²) in [7, 11) is 0. The molecule has 0 saturated heterocycles. The van der Waals surface area contributed by atoms with Gasteiger partial charge in [0.05, 0.1) is 11.4 Å². The van der Waals surface area contributed by atoms with Crippen molar-refractivity contribution >= 4 is 22.1 Å². The molecule has 9 aromatic rings. The maximum Gasteiger partial charge on any atom is 0.161 e. The van der Waals surface area contributed by atoms with Crippen LogP contribution in [0.5, 0.6) is 0 Å². The van der Waals surface area contributed by atoms with E-state index in [1.807, 2.05) is 66.9 Å². The fourth-order valence-electron chi connectivity index (χ4n) is 7.90. The van der Waals surface area contributed by atoms with E-state index >= 15 is 0 Å². The van der Waals surface area contributed by atoms with E-state index < -0.39 is 0 Å². The Morgan fingerprint density at radius 3 is 1.87 bits per heavy atom. The van der Waals surface area contributed by atoms with Crippen molar-refractivity contribution in [2.45, 2.75) is 19.3 Å². The molecular weight excluding hydrogens is 635 g/mol. The smallest absolute Gasteiger partial charge is 0.161 e. The second kappa shape index (κ2) is 11.7. The Balaban J connectivity index is 1.23. The largest absolute Gasteiger partial charge is 0.454 e. The maximum atomic E-state index is 6.51. The highest BCUT2D eigenvalue weighted by Gasteiger charge is 2.35. The van der Waals surface area contributed by atoms with Gasteiger partial charge >= 0.3 is 0 Å². The Labute approximate surface area is 302 Å². The Kier molecular flexibility index (Phi) is 6.80. The Hall–Kier alpha value is -6.65. The molecule has 3 heterocycles. The lowest BCUT2D eigenvalue weighted by Gasteiger charge is -2.21. The second-order valence-corrected chi connectivity index (χ2v) is 14.1. The van der Waals surface area contributed by atoms with Gasteiger partial charge in [-0.25, -0.2) is 9.97 Å². The maximum absolute atomic E-state index is 6.51. The summed E-state index contributed by atoms with van der Waals surface area (Å²) in [6.45, 7) is 4.64. The van der Waals surface area contributed by atoms with Crippen molar-refractivity contribution in [3.05, 3.63) is 175 Å². The molecule has 0 N–H and O–H groups in total. The van der Waals surface area contributed by atoms with Gasteiger partial charge in [0.1, 0.15) is 11.1 Å². The minimum atomic E-state index is -0.0685. The Morgan fingerprint density at radius 1 is 0.462 bits per heavy atom. The van der Waals surface area contributed by atoms with Crippen molar-refractivity contribution in [1.82, 2.24) is 15.0 Å². The quantitative estimate of drug-likeness (QED) is 0.183. The summed E-state index contributed by atoms with van der Waals surface area (Å²) in [6, 6.07) is 55.3. The molecule has 0 spiro atoms. The molecule has 4 nitrogen and oxygen atoms in total. The molecule has 0 atom stereocenters. The van der Waals surface area contributed by atoms with Crippen LogP contribution in [0.1, 0.15) is 25.0 Å². The van der Waals surface area contributed by atoms with Crippen LogP contribution in [0.4, 0.5) is 0 Å². The predicted molar refractivity (Wildman–Crippen MR) is 212 cm³/mol. The molecule has 1 aliphatic carbocycles. The number of aromatic nitrogens is 3. The standard InChI is InChI=1S/C48H33N3O/c1-48(2)40-19-11-9-17-37(40)39-28-32(21-22-41(39)48)33-25-34(36-23-24-49-45-38-18-10-12-20-44(38)52-46(36)45)27-35(26-33)47-50-42(30-13-5-3-6-14-30)29-43(51-47)31-15-7-4-8-16-31/h3-29H,1-2H3. The third-order valence-corrected chi connectivity index (χ3v) is 10.5. The molecule has 246 valence electrons. The summed E-state index contributed by atoms with van der Waals surface area (Å²) in [5, 5.41) is 1.00. The molecule has 0 bridgehead atoms. The van der Waals surface area contributed by atoms with Crippen LogP contribution < -0.4 is 0 Å². The summed E-state index contributed by atoms with van der Waals surface area (Å²) < 4.78 is 6.51. The van der Waals surface area contributed by atoms with Gasteiger partial charge in [0.2, 0.25) is 0 Å². The highest BCUT2D eigenvalue weighted by Crippen LogP contribution is 2.50. The van der Waals surface area contributed by atoms with Crippen LogP contribution >= 0.6 is 0 Å². The zero-order valence-corrected chi connectivity index (χ0v) is 28.8. The van der Waals surface area contributed by atoms with E-state index in [0.717, 1.165) is 72.4 Å². The zero-order chi connectivity index (χ0) is 34.8. The van der Waals surface area contributed by atoms with E-state index in [9.17, 15) is 0 Å². The first-order valence-corrected chi connectivity index (χ1v) is 17.7. The van der Waals surface area contributed by atoms with Crippen LogP contribution in [0.3, 0.4) is 0 Å². The monoisotopic (exact) mass is 667 g/mol. The average molecular weight is 668 g/mol. The normalized spacial score (nSPS) is 13.0. The van der Waals surface area contributed by atoms with E-state index in [1.54, 1.807) is 0 Å². The van der Waals surface area contributed by atoms with Crippen LogP contribution in [0.2, 0.25) is 0 Å². The van der Waals surface area contributed by atoms with Gasteiger partial charge in [0, 0.05) is 39.3 Å². The summed E-state index contributed by atoms with van der Waals surface area (Å²) in [5.74, 6) is 0.658. The number of fused-ring (bicyclic) bond motifs is 6. The molecule has 0 fully saturated rings. The van der Waals surface area contributed by atoms with Crippen LogP contribution in [0, 0.1) is 0 Å². The number of pyridine rings is 1. The zero-order valence-electron chi connectivity index (χ0n) is 28.8. The van der Waals surface area contributed by atoms with Crippen molar-refractivity contribution in [1.29, 1.82) is 0 Å². The third-order valence-electron chi connectivity index (χ3n) is 10.5. The SMILES string of the molecule is CC1(C)c2ccccc2-c2cc(-c3cc(-c4nc(-c5ccccc5)cc(-c5ccccc5)n4)cc(-c4ccnc5c4oc4ccccc45)c3)ccc21. The van der Waals surface area contributed by atoms with Gasteiger partial charge in [-0.15, -0.1) is 0 Å². The highest BCUT2D eigenvalue weighted by molar-refractivity contribution is 6.07. The fourth-order valence-corrected chi connectivity index (χ4v) is 7.90. The van der Waals surface area contributed by atoms with E-state index in [1.165, 1.54) is 22.3 Å². The van der Waals surface area contributed by atoms with E-state index in [-0.39, 0.29) is 5.41 Å². The van der Waals surface area contributed by atoms with Crippen molar-refractivity contribution in [3.8, 4) is 67.3 Å². The first-order valence-electron chi connectivity index (χ1n) is 17.7. The van der Waals surface area contributed by atoms with Crippen molar-refractivity contribution in [3.63, 3.8) is 0 Å². The van der Waals surface area contributed by atoms with Gasteiger partial charge in [-0.2, -0.15) is 0 Å². The van der Waals surface area contributed by atoms with Crippen LogP contribution in [-0.2, 0) is 5.41 Å². The lowest BCUT2D eigenvalue weighted by Crippen LogP contribution is -2.14. The van der Waals surface area contributed by atoms with Crippen LogP contribution in [0.15, 0.2) is 168 Å². The van der Waals surface area contributed by atoms with Gasteiger partial charge in [0.15, 0.2) is 11.4 Å². The molecule has 52 heavy (non-hydrogen) atoms. The molecule has 0 amide bonds. The van der Waals surface area contributed by atoms with E-state index in [0.29, 0.717) is 5.82 Å². The molecule has 1 aliphatic rings. The number of rotatable bonds is 5. The molecule has 0 saturated carbocycles. The van der Waals surface area contributed by atoms with Crippen molar-refractivity contribution in [2.75, 3.05) is 0 Å². The number of hydrogen-bond acceptors (Lipinski definition) is 4. The molecule has 10 rings (SSSR count). The summed E-state index contributed by atoms with van der Waals surface area (Å²) in [6.07, 6.45) is 1.88. The average Bonchev–Trinajstić information content (AvgIpc) is 3.70. The van der Waals surface area contributed by atoms with E-state index in [4.69, 9.17) is 19.4 Å². The minimum absolute atomic E-state index is 0.0685. The summed E-state index contributed by atoms with van der Waals surface area (Å²) in [5.41, 5.74) is 16.6. The number of nitrogens with zero attached hydrogens (tertiary/aromatic N) is 3. The first-order chi connectivity index (χ1) is 25.5. The minimum Gasteiger partial charge on any atom is -0.454 e. The Bertz CT molecular complexity index is 2760. The van der Waals surface area contributed by atoms with Crippen molar-refractivity contribution in [2.24, 2.45) is 0 Å². The number of benzene rings is 6. The molecule has 6 aromatic carbocycles. The van der Waals surface area contributed by atoms with Gasteiger partial charge < -0.3 is 4.42 Å². The van der Waals surface area contributed by atoms with Gasteiger partial charge in [-0.05, 0) is 87.5 Å². The number of furan rings is 1. The summed E-state index contributed by atoms with van der Waals surface area (Å²) in [4.78, 5) is 15.2. The van der Waals surface area contributed by atoms with Gasteiger partial charge in [0.25, 0.3) is 0 Å². The van der Waals surface area contributed by atoms with Gasteiger partial charge in [-0.3, -0.25) is 4.98 Å². The molecule has 3 aromatic heterocycles. The second-order valence-electron chi connectivity index (χ2n) is 14.1. The lowest BCUT2D eigenvalue weighted by atomic mass is 9.82.